The third-order valence-electron chi connectivity index (χ3n) is 2.71. The standard InChI is InChI=1S/C11H20N2O4S/c1-17-5-2-3-9(10(14)15)13-11(16)12-8-4-6-18-7-8/h8-9H,2-7H2,1H3,(H,14,15)(H2,12,13,16). The minimum atomic E-state index is -1.01. The largest absolute Gasteiger partial charge is 0.480 e. The van der Waals surface area contributed by atoms with E-state index in [0.29, 0.717) is 19.4 Å². The molecule has 1 heterocycles. The Bertz CT molecular complexity index is 282. The Morgan fingerprint density at radius 1 is 1.56 bits per heavy atom. The Morgan fingerprint density at radius 3 is 2.89 bits per heavy atom. The lowest BCUT2D eigenvalue weighted by Crippen LogP contribution is -2.49. The van der Waals surface area contributed by atoms with Crippen LogP contribution >= 0.6 is 11.8 Å². The summed E-state index contributed by atoms with van der Waals surface area (Å²) in [6, 6.07) is -1.09. The molecule has 104 valence electrons. The number of carbonyl (C=O) groups excluding carboxylic acids is 1. The quantitative estimate of drug-likeness (QED) is 0.595. The highest BCUT2D eigenvalue weighted by Crippen LogP contribution is 2.16. The van der Waals surface area contributed by atoms with Crippen molar-refractivity contribution in [2.75, 3.05) is 25.2 Å². The van der Waals surface area contributed by atoms with Crippen LogP contribution in [0.25, 0.3) is 0 Å². The summed E-state index contributed by atoms with van der Waals surface area (Å²) in [6.07, 6.45) is 1.92. The lowest BCUT2D eigenvalue weighted by molar-refractivity contribution is -0.139. The molecule has 18 heavy (non-hydrogen) atoms. The molecule has 1 rings (SSSR count). The van der Waals surface area contributed by atoms with Crippen molar-refractivity contribution in [3.63, 3.8) is 0 Å². The Morgan fingerprint density at radius 2 is 2.33 bits per heavy atom. The van der Waals surface area contributed by atoms with E-state index >= 15 is 0 Å². The molecular weight excluding hydrogens is 256 g/mol. The Labute approximate surface area is 111 Å². The van der Waals surface area contributed by atoms with Gasteiger partial charge in [0.25, 0.3) is 0 Å². The molecule has 2 unspecified atom stereocenters. The second-order valence-corrected chi connectivity index (χ2v) is 5.35. The number of methoxy groups -OCH3 is 1. The van der Waals surface area contributed by atoms with E-state index in [-0.39, 0.29) is 6.04 Å². The fourth-order valence-corrected chi connectivity index (χ4v) is 2.88. The number of carboxylic acids is 1. The third kappa shape index (κ3) is 5.59. The van der Waals surface area contributed by atoms with Gasteiger partial charge >= 0.3 is 12.0 Å². The van der Waals surface area contributed by atoms with E-state index in [1.54, 1.807) is 18.9 Å². The summed E-state index contributed by atoms with van der Waals surface area (Å²) in [4.78, 5) is 22.6. The van der Waals surface area contributed by atoms with Crippen LogP contribution in [0.1, 0.15) is 19.3 Å². The first-order valence-corrected chi connectivity index (χ1v) is 7.15. The molecular formula is C11H20N2O4S. The van der Waals surface area contributed by atoms with Crippen LogP contribution in [0.3, 0.4) is 0 Å². The van der Waals surface area contributed by atoms with E-state index in [2.05, 4.69) is 10.6 Å². The highest BCUT2D eigenvalue weighted by molar-refractivity contribution is 7.99. The number of carbonyl (C=O) groups is 2. The van der Waals surface area contributed by atoms with Crippen LogP contribution in [0.2, 0.25) is 0 Å². The van der Waals surface area contributed by atoms with E-state index in [1.807, 2.05) is 0 Å². The zero-order valence-corrected chi connectivity index (χ0v) is 11.3. The first kappa shape index (κ1) is 15.1. The Kier molecular flexibility index (Phi) is 6.89. The molecule has 0 aromatic rings. The zero-order chi connectivity index (χ0) is 13.4. The van der Waals surface area contributed by atoms with Gasteiger partial charge in [-0.15, -0.1) is 0 Å². The van der Waals surface area contributed by atoms with Crippen LogP contribution in [0.15, 0.2) is 0 Å². The van der Waals surface area contributed by atoms with Crippen molar-refractivity contribution in [1.82, 2.24) is 10.6 Å². The van der Waals surface area contributed by atoms with Gasteiger partial charge in [0.15, 0.2) is 0 Å². The van der Waals surface area contributed by atoms with Crippen LogP contribution < -0.4 is 10.6 Å². The summed E-state index contributed by atoms with van der Waals surface area (Å²) in [7, 11) is 1.56. The molecule has 1 aliphatic heterocycles. The Balaban J connectivity index is 2.29. The average molecular weight is 276 g/mol. The van der Waals surface area contributed by atoms with Crippen molar-refractivity contribution in [3.8, 4) is 0 Å². The van der Waals surface area contributed by atoms with E-state index in [9.17, 15) is 9.59 Å². The number of urea groups is 1. The van der Waals surface area contributed by atoms with Gasteiger partial charge in [-0.2, -0.15) is 11.8 Å². The van der Waals surface area contributed by atoms with Crippen molar-refractivity contribution < 1.29 is 19.4 Å². The summed E-state index contributed by atoms with van der Waals surface area (Å²) in [5.74, 6) is 0.928. The molecule has 0 radical (unpaired) electrons. The summed E-state index contributed by atoms with van der Waals surface area (Å²) < 4.78 is 4.86. The van der Waals surface area contributed by atoms with Crippen molar-refractivity contribution in [1.29, 1.82) is 0 Å². The fourth-order valence-electron chi connectivity index (χ4n) is 1.72. The molecule has 1 saturated heterocycles. The highest BCUT2D eigenvalue weighted by atomic mass is 32.2. The maximum absolute atomic E-state index is 11.6. The van der Waals surface area contributed by atoms with Crippen LogP contribution in [-0.2, 0) is 9.53 Å². The molecule has 0 spiro atoms. The summed E-state index contributed by atoms with van der Waals surface area (Å²) in [5, 5.41) is 14.3. The van der Waals surface area contributed by atoms with Gasteiger partial charge in [0.1, 0.15) is 6.04 Å². The number of aliphatic carboxylic acids is 1. The van der Waals surface area contributed by atoms with Gasteiger partial charge in [0.2, 0.25) is 0 Å². The van der Waals surface area contributed by atoms with Crippen molar-refractivity contribution in [2.45, 2.75) is 31.3 Å². The number of thioether (sulfide) groups is 1. The number of nitrogens with one attached hydrogen (secondary N) is 2. The van der Waals surface area contributed by atoms with Crippen LogP contribution in [0.5, 0.6) is 0 Å². The predicted octanol–water partition coefficient (Wildman–Crippen LogP) is 0.671. The highest BCUT2D eigenvalue weighted by Gasteiger charge is 2.22. The van der Waals surface area contributed by atoms with Gasteiger partial charge < -0.3 is 20.5 Å². The first-order valence-electron chi connectivity index (χ1n) is 6.00. The van der Waals surface area contributed by atoms with Gasteiger partial charge in [0.05, 0.1) is 0 Å². The number of ether oxygens (including phenoxy) is 1. The van der Waals surface area contributed by atoms with Crippen molar-refractivity contribution >= 4 is 23.8 Å². The lowest BCUT2D eigenvalue weighted by Gasteiger charge is -2.17. The minimum Gasteiger partial charge on any atom is -0.480 e. The maximum Gasteiger partial charge on any atom is 0.326 e. The number of amides is 2. The van der Waals surface area contributed by atoms with Crippen molar-refractivity contribution in [2.24, 2.45) is 0 Å². The topological polar surface area (TPSA) is 87.7 Å². The molecule has 0 aromatic carbocycles. The van der Waals surface area contributed by atoms with Crippen LogP contribution in [0.4, 0.5) is 4.79 Å². The molecule has 6 nitrogen and oxygen atoms in total. The molecule has 2 amide bonds. The molecule has 1 fully saturated rings. The lowest BCUT2D eigenvalue weighted by atomic mass is 10.1. The van der Waals surface area contributed by atoms with E-state index in [0.717, 1.165) is 17.9 Å². The van der Waals surface area contributed by atoms with Gasteiger partial charge in [-0.1, -0.05) is 0 Å². The van der Waals surface area contributed by atoms with Gasteiger partial charge in [-0.3, -0.25) is 0 Å². The fraction of sp³-hybridized carbons (Fsp3) is 0.818. The summed E-state index contributed by atoms with van der Waals surface area (Å²) in [6.45, 7) is 0.492. The van der Waals surface area contributed by atoms with Gasteiger partial charge in [-0.05, 0) is 25.0 Å². The second-order valence-electron chi connectivity index (χ2n) is 4.20. The number of hydrogen-bond acceptors (Lipinski definition) is 4. The average Bonchev–Trinajstić information content (AvgIpc) is 2.80. The number of carboxylic acid groups (broad SMARTS) is 1. The number of rotatable bonds is 7. The third-order valence-corrected chi connectivity index (χ3v) is 3.87. The molecule has 0 bridgehead atoms. The summed E-state index contributed by atoms with van der Waals surface area (Å²) in [5.41, 5.74) is 0. The van der Waals surface area contributed by atoms with Gasteiger partial charge in [-0.25, -0.2) is 9.59 Å². The predicted molar refractivity (Wildman–Crippen MR) is 69.9 cm³/mol. The van der Waals surface area contributed by atoms with Crippen LogP contribution in [0, 0.1) is 0 Å². The monoisotopic (exact) mass is 276 g/mol. The second kappa shape index (κ2) is 8.20. The molecule has 0 saturated carbocycles. The van der Waals surface area contributed by atoms with Gasteiger partial charge in [0, 0.05) is 25.5 Å². The maximum atomic E-state index is 11.6. The van der Waals surface area contributed by atoms with E-state index in [4.69, 9.17) is 9.84 Å². The molecule has 7 heteroatoms. The zero-order valence-electron chi connectivity index (χ0n) is 10.5. The molecule has 1 aliphatic rings. The Hall–Kier alpha value is -0.950. The molecule has 0 aliphatic carbocycles. The summed E-state index contributed by atoms with van der Waals surface area (Å²) >= 11 is 1.79. The SMILES string of the molecule is COCCCC(NC(=O)NC1CCSC1)C(=O)O. The minimum absolute atomic E-state index is 0.156. The van der Waals surface area contributed by atoms with Crippen molar-refractivity contribution in [3.05, 3.63) is 0 Å². The van der Waals surface area contributed by atoms with E-state index in [1.165, 1.54) is 0 Å². The smallest absolute Gasteiger partial charge is 0.326 e. The molecule has 2 atom stereocenters. The van der Waals surface area contributed by atoms with Crippen LogP contribution in [-0.4, -0.2) is 54.4 Å². The molecule has 0 aromatic heterocycles. The van der Waals surface area contributed by atoms with E-state index < -0.39 is 18.0 Å². The normalized spacial score (nSPS) is 20.4. The number of hydrogen-bond donors (Lipinski definition) is 3. The first-order chi connectivity index (χ1) is 8.63. The molecule has 3 N–H and O–H groups in total.